The maximum absolute atomic E-state index is 10.5. The van der Waals surface area contributed by atoms with Gasteiger partial charge in [-0.15, -0.1) is 0 Å². The van der Waals surface area contributed by atoms with Crippen molar-refractivity contribution in [3.05, 3.63) is 12.2 Å². The number of hydrogen-bond acceptors (Lipinski definition) is 2. The molecule has 0 saturated carbocycles. The fourth-order valence-corrected chi connectivity index (χ4v) is 1.37. The second-order valence-electron chi connectivity index (χ2n) is 3.58. The maximum Gasteiger partial charge on any atom is 0.320 e. The Bertz CT molecular complexity index is 240. The Hall–Kier alpha value is -1.30. The van der Waals surface area contributed by atoms with Crippen molar-refractivity contribution in [3.8, 4) is 6.07 Å². The lowest BCUT2D eigenvalue weighted by molar-refractivity contribution is -0.140. The van der Waals surface area contributed by atoms with Gasteiger partial charge in [0.15, 0.2) is 0 Å². The van der Waals surface area contributed by atoms with Crippen LogP contribution in [0.5, 0.6) is 0 Å². The molecule has 15 heavy (non-hydrogen) atoms. The van der Waals surface area contributed by atoms with E-state index < -0.39 is 11.9 Å². The molecule has 1 atom stereocenters. The van der Waals surface area contributed by atoms with E-state index in [1.54, 1.807) is 6.07 Å². The summed E-state index contributed by atoms with van der Waals surface area (Å²) in [7, 11) is 0. The van der Waals surface area contributed by atoms with E-state index in [1.165, 1.54) is 0 Å². The molecule has 0 saturated heterocycles. The quantitative estimate of drug-likeness (QED) is 0.493. The number of rotatable bonds is 8. The van der Waals surface area contributed by atoms with Crippen LogP contribution in [0, 0.1) is 17.2 Å². The molecule has 0 aromatic heterocycles. The van der Waals surface area contributed by atoms with Crippen LogP contribution in [0.15, 0.2) is 12.2 Å². The Morgan fingerprint density at radius 3 is 2.60 bits per heavy atom. The average molecular weight is 209 g/mol. The smallest absolute Gasteiger partial charge is 0.320 e. The van der Waals surface area contributed by atoms with Gasteiger partial charge < -0.3 is 5.11 Å². The lowest BCUT2D eigenvalue weighted by Gasteiger charge is -2.02. The van der Waals surface area contributed by atoms with Gasteiger partial charge in [0.1, 0.15) is 5.92 Å². The number of carboxylic acid groups (broad SMARTS) is 1. The van der Waals surface area contributed by atoms with E-state index in [9.17, 15) is 4.79 Å². The molecule has 0 aliphatic carbocycles. The molecule has 0 spiro atoms. The van der Waals surface area contributed by atoms with Crippen LogP contribution in [0.4, 0.5) is 0 Å². The van der Waals surface area contributed by atoms with Gasteiger partial charge in [-0.25, -0.2) is 0 Å². The number of carboxylic acids is 1. The molecule has 0 radical (unpaired) electrons. The van der Waals surface area contributed by atoms with Crippen molar-refractivity contribution in [1.29, 1.82) is 5.26 Å². The number of nitriles is 1. The van der Waals surface area contributed by atoms with Gasteiger partial charge in [0.2, 0.25) is 0 Å². The van der Waals surface area contributed by atoms with Gasteiger partial charge in [0.25, 0.3) is 0 Å². The van der Waals surface area contributed by atoms with E-state index in [1.807, 2.05) is 13.0 Å². The van der Waals surface area contributed by atoms with Crippen LogP contribution in [0.1, 0.15) is 45.4 Å². The lowest BCUT2D eigenvalue weighted by atomic mass is 10.0. The highest BCUT2D eigenvalue weighted by Gasteiger charge is 2.14. The second-order valence-corrected chi connectivity index (χ2v) is 3.58. The first-order valence-electron chi connectivity index (χ1n) is 5.46. The highest BCUT2D eigenvalue weighted by Crippen LogP contribution is 2.11. The second kappa shape index (κ2) is 9.26. The number of carbonyl (C=O) groups is 1. The molecule has 1 unspecified atom stereocenters. The summed E-state index contributed by atoms with van der Waals surface area (Å²) in [5.74, 6) is -1.81. The minimum absolute atomic E-state index is 0.482. The normalized spacial score (nSPS) is 12.5. The van der Waals surface area contributed by atoms with E-state index in [0.29, 0.717) is 6.42 Å². The summed E-state index contributed by atoms with van der Waals surface area (Å²) in [6, 6.07) is 1.80. The van der Waals surface area contributed by atoms with Crippen molar-refractivity contribution in [2.45, 2.75) is 45.4 Å². The number of hydrogen-bond donors (Lipinski definition) is 1. The van der Waals surface area contributed by atoms with E-state index >= 15 is 0 Å². The number of aliphatic carboxylic acids is 1. The van der Waals surface area contributed by atoms with Crippen molar-refractivity contribution < 1.29 is 9.90 Å². The van der Waals surface area contributed by atoms with Gasteiger partial charge in [0.05, 0.1) is 6.07 Å². The number of unbranched alkanes of at least 4 members (excludes halogenated alkanes) is 4. The molecule has 0 bridgehead atoms. The summed E-state index contributed by atoms with van der Waals surface area (Å²) in [4.78, 5) is 10.5. The lowest BCUT2D eigenvalue weighted by Crippen LogP contribution is -2.10. The predicted molar refractivity (Wildman–Crippen MR) is 59.3 cm³/mol. The van der Waals surface area contributed by atoms with Gasteiger partial charge in [0, 0.05) is 0 Å². The van der Waals surface area contributed by atoms with Crippen LogP contribution in [0.25, 0.3) is 0 Å². The molecule has 0 aromatic carbocycles. The van der Waals surface area contributed by atoms with Gasteiger partial charge in [-0.3, -0.25) is 4.79 Å². The molecule has 3 heteroatoms. The Labute approximate surface area is 91.4 Å². The highest BCUT2D eigenvalue weighted by molar-refractivity contribution is 5.72. The first kappa shape index (κ1) is 13.7. The fourth-order valence-electron chi connectivity index (χ4n) is 1.37. The molecule has 0 amide bonds. The van der Waals surface area contributed by atoms with Crippen molar-refractivity contribution in [3.63, 3.8) is 0 Å². The van der Waals surface area contributed by atoms with E-state index in [4.69, 9.17) is 10.4 Å². The SMILES string of the molecule is C/C=C/CCCCCCC(C#N)C(=O)O. The van der Waals surface area contributed by atoms with Crippen molar-refractivity contribution in [2.75, 3.05) is 0 Å². The third kappa shape index (κ3) is 7.75. The molecular formula is C12H19NO2. The number of nitrogens with zero attached hydrogens (tertiary/aromatic N) is 1. The van der Waals surface area contributed by atoms with Crippen LogP contribution in [-0.4, -0.2) is 11.1 Å². The molecule has 0 aliphatic heterocycles. The zero-order valence-corrected chi connectivity index (χ0v) is 9.28. The topological polar surface area (TPSA) is 61.1 Å². The summed E-state index contributed by atoms with van der Waals surface area (Å²) in [5, 5.41) is 17.1. The molecule has 3 nitrogen and oxygen atoms in total. The van der Waals surface area contributed by atoms with Crippen LogP contribution >= 0.6 is 0 Å². The average Bonchev–Trinajstić information content (AvgIpc) is 2.21. The van der Waals surface area contributed by atoms with Crippen LogP contribution in [-0.2, 0) is 4.79 Å². The van der Waals surface area contributed by atoms with Gasteiger partial charge >= 0.3 is 5.97 Å². The molecule has 0 rings (SSSR count). The van der Waals surface area contributed by atoms with Gasteiger partial charge in [-0.1, -0.05) is 31.4 Å². The molecular weight excluding hydrogens is 190 g/mol. The molecule has 0 aromatic rings. The van der Waals surface area contributed by atoms with Crippen LogP contribution < -0.4 is 0 Å². The Morgan fingerprint density at radius 2 is 2.07 bits per heavy atom. The molecule has 84 valence electrons. The first-order valence-corrected chi connectivity index (χ1v) is 5.46. The predicted octanol–water partition coefficient (Wildman–Crippen LogP) is 3.13. The van der Waals surface area contributed by atoms with Gasteiger partial charge in [-0.2, -0.15) is 5.26 Å². The fraction of sp³-hybridized carbons (Fsp3) is 0.667. The summed E-state index contributed by atoms with van der Waals surface area (Å²) >= 11 is 0. The minimum Gasteiger partial charge on any atom is -0.480 e. The van der Waals surface area contributed by atoms with E-state index in [2.05, 4.69) is 6.08 Å². The molecule has 1 N–H and O–H groups in total. The molecule has 0 aliphatic rings. The third-order valence-corrected chi connectivity index (χ3v) is 2.30. The Kier molecular flexibility index (Phi) is 8.46. The summed E-state index contributed by atoms with van der Waals surface area (Å²) < 4.78 is 0. The van der Waals surface area contributed by atoms with E-state index in [0.717, 1.165) is 32.1 Å². The monoisotopic (exact) mass is 209 g/mol. The highest BCUT2D eigenvalue weighted by atomic mass is 16.4. The largest absolute Gasteiger partial charge is 0.480 e. The third-order valence-electron chi connectivity index (χ3n) is 2.30. The zero-order valence-electron chi connectivity index (χ0n) is 9.28. The summed E-state index contributed by atoms with van der Waals surface area (Å²) in [6.07, 6.45) is 9.86. The first-order chi connectivity index (χ1) is 7.22. The van der Waals surface area contributed by atoms with Crippen molar-refractivity contribution >= 4 is 5.97 Å². The van der Waals surface area contributed by atoms with Crippen LogP contribution in [0.3, 0.4) is 0 Å². The number of allylic oxidation sites excluding steroid dienone is 2. The minimum atomic E-state index is -0.994. The molecule has 0 fully saturated rings. The summed E-state index contributed by atoms with van der Waals surface area (Å²) in [5.41, 5.74) is 0. The Morgan fingerprint density at radius 1 is 1.40 bits per heavy atom. The van der Waals surface area contributed by atoms with Crippen molar-refractivity contribution in [1.82, 2.24) is 0 Å². The molecule has 0 heterocycles. The van der Waals surface area contributed by atoms with E-state index in [-0.39, 0.29) is 0 Å². The van der Waals surface area contributed by atoms with Crippen molar-refractivity contribution in [2.24, 2.45) is 5.92 Å². The van der Waals surface area contributed by atoms with Crippen LogP contribution in [0.2, 0.25) is 0 Å². The maximum atomic E-state index is 10.5. The summed E-state index contributed by atoms with van der Waals surface area (Å²) in [6.45, 7) is 2.00. The Balaban J connectivity index is 3.38. The standard InChI is InChI=1S/C12H19NO2/c1-2-3-4-5-6-7-8-9-11(10-13)12(14)15/h2-3,11H,4-9H2,1H3,(H,14,15)/b3-2+. The zero-order chi connectivity index (χ0) is 11.5. The van der Waals surface area contributed by atoms with Gasteiger partial charge in [-0.05, 0) is 26.2 Å².